The van der Waals surface area contributed by atoms with E-state index < -0.39 is 34.2 Å². The largest absolute Gasteiger partial charge is 0.508 e. The molecule has 0 atom stereocenters. The third kappa shape index (κ3) is 2.83. The Hall–Kier alpha value is -4.33. The highest BCUT2D eigenvalue weighted by molar-refractivity contribution is 6.00. The highest BCUT2D eigenvalue weighted by atomic mass is 16.4. The van der Waals surface area contributed by atoms with E-state index in [4.69, 9.17) is 4.42 Å². The molecule has 1 aromatic heterocycles. The van der Waals surface area contributed by atoms with Crippen LogP contribution in [-0.2, 0) is 0 Å². The zero-order valence-electron chi connectivity index (χ0n) is 14.6. The van der Waals surface area contributed by atoms with Crippen molar-refractivity contribution in [3.63, 3.8) is 0 Å². The molecule has 8 nitrogen and oxygen atoms in total. The maximum Gasteiger partial charge on any atom is 0.238 e. The minimum atomic E-state index is -0.952. The van der Waals surface area contributed by atoms with E-state index in [2.05, 4.69) is 0 Å². The average Bonchev–Trinajstić information content (AvgIpc) is 2.67. The maximum absolute atomic E-state index is 12.7. The lowest BCUT2D eigenvalue weighted by molar-refractivity contribution is 0.403. The van der Waals surface area contributed by atoms with Gasteiger partial charge in [0.1, 0.15) is 22.6 Å². The van der Waals surface area contributed by atoms with Crippen molar-refractivity contribution < 1.29 is 35.1 Å². The van der Waals surface area contributed by atoms with Crippen LogP contribution in [0.15, 0.2) is 57.7 Å². The summed E-state index contributed by atoms with van der Waals surface area (Å²) in [5.41, 5.74) is -0.654. The predicted octanol–water partition coefficient (Wildman–Crippen LogP) is 3.36. The molecule has 6 N–H and O–H groups in total. The van der Waals surface area contributed by atoms with Crippen molar-refractivity contribution >= 4 is 11.0 Å². The monoisotopic (exact) mass is 394 g/mol. The molecule has 0 aliphatic rings. The second-order valence-corrected chi connectivity index (χ2v) is 6.35. The molecule has 0 saturated heterocycles. The van der Waals surface area contributed by atoms with Gasteiger partial charge in [0, 0.05) is 11.6 Å². The Morgan fingerprint density at radius 3 is 1.97 bits per heavy atom. The highest BCUT2D eigenvalue weighted by Crippen LogP contribution is 2.43. The average molecular weight is 394 g/mol. The number of phenolic OH excluding ortho intramolecular Hbond substituents is 5. The summed E-state index contributed by atoms with van der Waals surface area (Å²) < 4.78 is 5.71. The van der Waals surface area contributed by atoms with E-state index in [-0.39, 0.29) is 33.6 Å². The van der Waals surface area contributed by atoms with E-state index in [1.165, 1.54) is 30.3 Å². The van der Waals surface area contributed by atoms with Crippen molar-refractivity contribution in [2.45, 2.75) is 0 Å². The smallest absolute Gasteiger partial charge is 0.238 e. The van der Waals surface area contributed by atoms with Gasteiger partial charge in [-0.2, -0.15) is 0 Å². The number of fused-ring (bicyclic) bond motifs is 1. The lowest BCUT2D eigenvalue weighted by Gasteiger charge is -2.13. The molecule has 29 heavy (non-hydrogen) atoms. The molecule has 0 amide bonds. The quantitative estimate of drug-likeness (QED) is 0.283. The maximum atomic E-state index is 12.7. The third-order valence-corrected chi connectivity index (χ3v) is 4.49. The van der Waals surface area contributed by atoms with Crippen LogP contribution in [0.25, 0.3) is 33.4 Å². The molecule has 0 aliphatic carbocycles. The molecule has 0 spiro atoms. The molecule has 3 aromatic carbocycles. The number of benzene rings is 3. The summed E-state index contributed by atoms with van der Waals surface area (Å²) in [6, 6.07) is 10.2. The molecule has 0 radical (unpaired) electrons. The fourth-order valence-electron chi connectivity index (χ4n) is 3.09. The lowest BCUT2D eigenvalue weighted by Crippen LogP contribution is -2.04. The van der Waals surface area contributed by atoms with Crippen molar-refractivity contribution in [3.05, 3.63) is 58.8 Å². The summed E-state index contributed by atoms with van der Waals surface area (Å²) in [7, 11) is 0. The van der Waals surface area contributed by atoms with E-state index >= 15 is 0 Å². The lowest BCUT2D eigenvalue weighted by atomic mass is 9.99. The minimum absolute atomic E-state index is 0.0179. The van der Waals surface area contributed by atoms with Crippen LogP contribution >= 0.6 is 0 Å². The normalized spacial score (nSPS) is 11.0. The zero-order chi connectivity index (χ0) is 20.9. The molecule has 4 aromatic rings. The second kappa shape index (κ2) is 6.38. The van der Waals surface area contributed by atoms with E-state index in [1.807, 2.05) is 0 Å². The summed E-state index contributed by atoms with van der Waals surface area (Å²) in [6.07, 6.45) is 0. The van der Waals surface area contributed by atoms with Crippen LogP contribution in [0.1, 0.15) is 0 Å². The van der Waals surface area contributed by atoms with Crippen molar-refractivity contribution in [3.8, 4) is 56.9 Å². The molecule has 1 heterocycles. The van der Waals surface area contributed by atoms with Crippen molar-refractivity contribution in [1.82, 2.24) is 0 Å². The first-order valence-corrected chi connectivity index (χ1v) is 8.34. The second-order valence-electron chi connectivity index (χ2n) is 6.35. The first-order valence-electron chi connectivity index (χ1n) is 8.34. The molecular formula is C21H14O8. The minimum Gasteiger partial charge on any atom is -0.508 e. The summed E-state index contributed by atoms with van der Waals surface area (Å²) in [4.78, 5) is 12.7. The van der Waals surface area contributed by atoms with Crippen molar-refractivity contribution in [2.75, 3.05) is 0 Å². The van der Waals surface area contributed by atoms with Crippen LogP contribution in [0.5, 0.6) is 34.5 Å². The number of rotatable bonds is 2. The first kappa shape index (κ1) is 18.1. The van der Waals surface area contributed by atoms with Crippen molar-refractivity contribution in [1.29, 1.82) is 0 Å². The molecule has 0 aliphatic heterocycles. The van der Waals surface area contributed by atoms with Crippen molar-refractivity contribution in [2.24, 2.45) is 0 Å². The molecule has 0 bridgehead atoms. The fraction of sp³-hybridized carbons (Fsp3) is 0. The van der Waals surface area contributed by atoms with Crippen LogP contribution < -0.4 is 5.43 Å². The highest BCUT2D eigenvalue weighted by Gasteiger charge is 2.23. The first-order chi connectivity index (χ1) is 13.8. The Balaban J connectivity index is 2.12. The van der Waals surface area contributed by atoms with Gasteiger partial charge in [0.05, 0.1) is 5.56 Å². The predicted molar refractivity (Wildman–Crippen MR) is 103 cm³/mol. The number of hydrogen-bond acceptors (Lipinski definition) is 8. The molecule has 0 saturated carbocycles. The van der Waals surface area contributed by atoms with Gasteiger partial charge in [-0.25, -0.2) is 0 Å². The number of aromatic hydroxyl groups is 6. The topological polar surface area (TPSA) is 152 Å². The summed E-state index contributed by atoms with van der Waals surface area (Å²) in [5.74, 6) is -3.06. The molecule has 8 heteroatoms. The van der Waals surface area contributed by atoms with E-state index in [0.29, 0.717) is 5.56 Å². The van der Waals surface area contributed by atoms with Crippen LogP contribution in [-0.4, -0.2) is 30.6 Å². The summed E-state index contributed by atoms with van der Waals surface area (Å²) >= 11 is 0. The number of hydrogen-bond donors (Lipinski definition) is 6. The van der Waals surface area contributed by atoms with Gasteiger partial charge >= 0.3 is 0 Å². The van der Waals surface area contributed by atoms with Gasteiger partial charge in [0.25, 0.3) is 0 Å². The molecule has 0 fully saturated rings. The van der Waals surface area contributed by atoms with Gasteiger partial charge in [-0.1, -0.05) is 12.1 Å². The van der Waals surface area contributed by atoms with Crippen LogP contribution in [0, 0.1) is 0 Å². The SMILES string of the molecule is O=c1c(O)c(-c2ccc(O)c(O)c2)oc2c(-c3ccc(O)cc3)c(O)cc(O)c12. The van der Waals surface area contributed by atoms with Crippen LogP contribution in [0.4, 0.5) is 0 Å². The zero-order valence-corrected chi connectivity index (χ0v) is 14.6. The Kier molecular flexibility index (Phi) is 3.97. The standard InChI is InChI=1S/C21H14O8/c22-11-4-1-9(2-5-11)16-14(25)8-15(26)17-18(27)19(28)20(29-21(16)17)10-3-6-12(23)13(24)7-10/h1-8,22-26,28H. The molecular weight excluding hydrogens is 380 g/mol. The molecule has 146 valence electrons. The Labute approximate surface area is 162 Å². The van der Waals surface area contributed by atoms with E-state index in [9.17, 15) is 35.4 Å². The third-order valence-electron chi connectivity index (χ3n) is 4.49. The van der Waals surface area contributed by atoms with Crippen LogP contribution in [0.3, 0.4) is 0 Å². The van der Waals surface area contributed by atoms with Gasteiger partial charge in [-0.05, 0) is 35.9 Å². The Morgan fingerprint density at radius 2 is 1.31 bits per heavy atom. The van der Waals surface area contributed by atoms with Gasteiger partial charge in [-0.15, -0.1) is 0 Å². The Morgan fingerprint density at radius 1 is 0.655 bits per heavy atom. The summed E-state index contributed by atoms with van der Waals surface area (Å²) in [6.45, 7) is 0. The van der Waals surface area contributed by atoms with E-state index in [0.717, 1.165) is 18.2 Å². The van der Waals surface area contributed by atoms with E-state index in [1.54, 1.807) is 0 Å². The van der Waals surface area contributed by atoms with Gasteiger partial charge in [0.15, 0.2) is 22.8 Å². The van der Waals surface area contributed by atoms with Gasteiger partial charge in [0.2, 0.25) is 11.2 Å². The fourth-order valence-corrected chi connectivity index (χ4v) is 3.09. The number of phenols is 5. The van der Waals surface area contributed by atoms with Gasteiger partial charge < -0.3 is 35.1 Å². The van der Waals surface area contributed by atoms with Crippen LogP contribution in [0.2, 0.25) is 0 Å². The molecule has 0 unspecified atom stereocenters. The Bertz CT molecular complexity index is 1320. The summed E-state index contributed by atoms with van der Waals surface area (Å²) in [5, 5.41) is 59.3. The molecule has 4 rings (SSSR count). The van der Waals surface area contributed by atoms with Gasteiger partial charge in [-0.3, -0.25) is 4.79 Å².